The average Bonchev–Trinajstić information content (AvgIpc) is 2.53. The quantitative estimate of drug-likeness (QED) is 0.670. The van der Waals surface area contributed by atoms with Crippen LogP contribution in [0.5, 0.6) is 0 Å². The predicted molar refractivity (Wildman–Crippen MR) is 48.8 cm³/mol. The van der Waals surface area contributed by atoms with Crippen molar-refractivity contribution in [3.05, 3.63) is 24.2 Å². The van der Waals surface area contributed by atoms with Gasteiger partial charge in [-0.3, -0.25) is 0 Å². The van der Waals surface area contributed by atoms with Crippen molar-refractivity contribution in [3.63, 3.8) is 0 Å². The predicted octanol–water partition coefficient (Wildman–Crippen LogP) is 0.757. The number of imidazole rings is 1. The zero-order chi connectivity index (χ0) is 9.26. The number of anilines is 1. The van der Waals surface area contributed by atoms with Crippen molar-refractivity contribution >= 4 is 5.82 Å². The van der Waals surface area contributed by atoms with Crippen molar-refractivity contribution in [1.29, 1.82) is 0 Å². The van der Waals surface area contributed by atoms with Crippen molar-refractivity contribution in [2.24, 2.45) is 0 Å². The summed E-state index contributed by atoms with van der Waals surface area (Å²) >= 11 is 0. The summed E-state index contributed by atoms with van der Waals surface area (Å²) in [6.07, 6.45) is 3.37. The molecule has 0 radical (unpaired) electrons. The summed E-state index contributed by atoms with van der Waals surface area (Å²) in [5.74, 6) is 1.62. The highest BCUT2D eigenvalue weighted by Crippen LogP contribution is 2.10. The Labute approximate surface area is 75.1 Å². The van der Waals surface area contributed by atoms with E-state index in [-0.39, 0.29) is 0 Å². The molecule has 5 heteroatoms. The van der Waals surface area contributed by atoms with Gasteiger partial charge in [0.05, 0.1) is 0 Å². The normalized spacial score (nSPS) is 10.2. The number of nitrogens with two attached hydrogens (primary N) is 1. The molecule has 0 aliphatic rings. The van der Waals surface area contributed by atoms with Crippen LogP contribution in [0.2, 0.25) is 0 Å². The van der Waals surface area contributed by atoms with Crippen LogP contribution < -0.4 is 5.73 Å². The molecule has 0 saturated carbocycles. The highest BCUT2D eigenvalue weighted by molar-refractivity contribution is 5.47. The Morgan fingerprint density at radius 1 is 1.38 bits per heavy atom. The Kier molecular flexibility index (Phi) is 1.70. The van der Waals surface area contributed by atoms with Gasteiger partial charge >= 0.3 is 0 Å². The van der Waals surface area contributed by atoms with Crippen LogP contribution in [-0.4, -0.2) is 19.9 Å². The van der Waals surface area contributed by atoms with Gasteiger partial charge in [-0.1, -0.05) is 0 Å². The molecule has 0 aromatic carbocycles. The molecule has 0 bridgehead atoms. The largest absolute Gasteiger partial charge is 0.384 e. The molecular weight excluding hydrogens is 166 g/mol. The fraction of sp³-hybridized carbons (Fsp3) is 0.125. The van der Waals surface area contributed by atoms with Gasteiger partial charge in [-0.25, -0.2) is 15.0 Å². The van der Waals surface area contributed by atoms with Crippen LogP contribution >= 0.6 is 0 Å². The number of nitrogens with zero attached hydrogens (tertiary/aromatic N) is 3. The van der Waals surface area contributed by atoms with Crippen LogP contribution in [0, 0.1) is 6.92 Å². The molecular formula is C8H9N5. The highest BCUT2D eigenvalue weighted by Gasteiger charge is 2.04. The number of hydrogen-bond donors (Lipinski definition) is 2. The first-order valence-electron chi connectivity index (χ1n) is 3.86. The van der Waals surface area contributed by atoms with E-state index in [4.69, 9.17) is 5.73 Å². The molecule has 2 aromatic heterocycles. The lowest BCUT2D eigenvalue weighted by molar-refractivity contribution is 1.08. The van der Waals surface area contributed by atoms with E-state index in [0.29, 0.717) is 17.5 Å². The van der Waals surface area contributed by atoms with Gasteiger partial charge in [0.2, 0.25) is 0 Å². The van der Waals surface area contributed by atoms with Crippen LogP contribution in [0.15, 0.2) is 18.5 Å². The van der Waals surface area contributed by atoms with Crippen LogP contribution in [-0.2, 0) is 0 Å². The molecule has 0 aliphatic heterocycles. The SMILES string of the molecule is Cc1cc(N)nc(-c2ncc[nH]2)n1. The highest BCUT2D eigenvalue weighted by atomic mass is 15.0. The first-order chi connectivity index (χ1) is 6.25. The van der Waals surface area contributed by atoms with Gasteiger partial charge in [0.15, 0.2) is 11.6 Å². The number of nitrogen functional groups attached to an aromatic ring is 1. The third-order valence-electron chi connectivity index (χ3n) is 1.58. The number of hydrogen-bond acceptors (Lipinski definition) is 4. The lowest BCUT2D eigenvalue weighted by atomic mass is 10.4. The molecule has 0 atom stereocenters. The van der Waals surface area contributed by atoms with Gasteiger partial charge in [0, 0.05) is 24.2 Å². The summed E-state index contributed by atoms with van der Waals surface area (Å²) in [7, 11) is 0. The molecule has 0 unspecified atom stereocenters. The van der Waals surface area contributed by atoms with Crippen LogP contribution in [0.25, 0.3) is 11.6 Å². The van der Waals surface area contributed by atoms with Gasteiger partial charge in [-0.15, -0.1) is 0 Å². The number of aryl methyl sites for hydroxylation is 1. The Morgan fingerprint density at radius 3 is 2.85 bits per heavy atom. The van der Waals surface area contributed by atoms with Crippen molar-refractivity contribution in [3.8, 4) is 11.6 Å². The van der Waals surface area contributed by atoms with Gasteiger partial charge in [-0.05, 0) is 6.92 Å². The summed E-state index contributed by atoms with van der Waals surface area (Å²) in [6, 6.07) is 1.71. The fourth-order valence-electron chi connectivity index (χ4n) is 1.09. The molecule has 0 amide bonds. The molecule has 13 heavy (non-hydrogen) atoms. The average molecular weight is 175 g/mol. The molecule has 0 spiro atoms. The smallest absolute Gasteiger partial charge is 0.197 e. The first kappa shape index (κ1) is 7.72. The van der Waals surface area contributed by atoms with Gasteiger partial charge in [0.1, 0.15) is 5.82 Å². The maximum absolute atomic E-state index is 5.57. The maximum Gasteiger partial charge on any atom is 0.197 e. The number of H-pyrrole nitrogens is 1. The van der Waals surface area contributed by atoms with E-state index < -0.39 is 0 Å². The third kappa shape index (κ3) is 1.48. The monoisotopic (exact) mass is 175 g/mol. The summed E-state index contributed by atoms with van der Waals surface area (Å²) in [5.41, 5.74) is 6.41. The van der Waals surface area contributed by atoms with Gasteiger partial charge < -0.3 is 10.7 Å². The van der Waals surface area contributed by atoms with E-state index in [1.807, 2.05) is 6.92 Å². The van der Waals surface area contributed by atoms with Gasteiger partial charge in [-0.2, -0.15) is 0 Å². The minimum atomic E-state index is 0.457. The minimum absolute atomic E-state index is 0.457. The molecule has 5 nitrogen and oxygen atoms in total. The fourth-order valence-corrected chi connectivity index (χ4v) is 1.09. The van der Waals surface area contributed by atoms with Crippen molar-refractivity contribution in [1.82, 2.24) is 19.9 Å². The lowest BCUT2D eigenvalue weighted by Gasteiger charge is -1.98. The third-order valence-corrected chi connectivity index (χ3v) is 1.58. The topological polar surface area (TPSA) is 80.5 Å². The van der Waals surface area contributed by atoms with E-state index in [2.05, 4.69) is 19.9 Å². The molecule has 0 aliphatic carbocycles. The van der Waals surface area contributed by atoms with Crippen molar-refractivity contribution in [2.45, 2.75) is 6.92 Å². The summed E-state index contributed by atoms with van der Waals surface area (Å²) < 4.78 is 0. The maximum atomic E-state index is 5.57. The first-order valence-corrected chi connectivity index (χ1v) is 3.86. The van der Waals surface area contributed by atoms with E-state index in [1.165, 1.54) is 0 Å². The standard InChI is InChI=1S/C8H9N5/c1-5-4-6(9)13-8(12-5)7-10-2-3-11-7/h2-4H,1H3,(H,10,11)(H2,9,12,13). The van der Waals surface area contributed by atoms with Crippen molar-refractivity contribution in [2.75, 3.05) is 5.73 Å². The molecule has 66 valence electrons. The van der Waals surface area contributed by atoms with E-state index in [0.717, 1.165) is 5.69 Å². The molecule has 0 fully saturated rings. The number of nitrogens with one attached hydrogen (secondary N) is 1. The molecule has 2 aromatic rings. The van der Waals surface area contributed by atoms with Crippen LogP contribution in [0.4, 0.5) is 5.82 Å². The lowest BCUT2D eigenvalue weighted by Crippen LogP contribution is -1.98. The number of aromatic nitrogens is 4. The summed E-state index contributed by atoms with van der Waals surface area (Å²) in [5, 5.41) is 0. The van der Waals surface area contributed by atoms with Crippen molar-refractivity contribution < 1.29 is 0 Å². The Morgan fingerprint density at radius 2 is 2.23 bits per heavy atom. The second kappa shape index (κ2) is 2.85. The summed E-state index contributed by atoms with van der Waals surface area (Å²) in [6.45, 7) is 1.87. The second-order valence-corrected chi connectivity index (χ2v) is 2.70. The number of aromatic amines is 1. The zero-order valence-electron chi connectivity index (χ0n) is 7.15. The van der Waals surface area contributed by atoms with Gasteiger partial charge in [0.25, 0.3) is 0 Å². The zero-order valence-corrected chi connectivity index (χ0v) is 7.15. The molecule has 0 saturated heterocycles. The van der Waals surface area contributed by atoms with Crippen LogP contribution in [0.1, 0.15) is 5.69 Å². The Balaban J connectivity index is 2.53. The Bertz CT molecular complexity index is 386. The van der Waals surface area contributed by atoms with E-state index in [9.17, 15) is 0 Å². The molecule has 2 heterocycles. The van der Waals surface area contributed by atoms with E-state index >= 15 is 0 Å². The second-order valence-electron chi connectivity index (χ2n) is 2.70. The molecule has 2 rings (SSSR count). The van der Waals surface area contributed by atoms with E-state index in [1.54, 1.807) is 18.5 Å². The molecule has 3 N–H and O–H groups in total. The van der Waals surface area contributed by atoms with Crippen LogP contribution in [0.3, 0.4) is 0 Å². The Hall–Kier alpha value is -1.91. The minimum Gasteiger partial charge on any atom is -0.384 e. The number of rotatable bonds is 1. The summed E-state index contributed by atoms with van der Waals surface area (Å²) in [4.78, 5) is 15.2.